The highest BCUT2D eigenvalue weighted by Crippen LogP contribution is 2.23. The molecule has 0 spiro atoms. The molecule has 0 aliphatic rings. The van der Waals surface area contributed by atoms with E-state index < -0.39 is 0 Å². The van der Waals surface area contributed by atoms with E-state index in [2.05, 4.69) is 40.2 Å². The van der Waals surface area contributed by atoms with Crippen LogP contribution >= 0.6 is 28.1 Å². The van der Waals surface area contributed by atoms with E-state index in [1.807, 2.05) is 18.2 Å². The second kappa shape index (κ2) is 6.93. The smallest absolute Gasteiger partial charge is 0.104 e. The number of anilines is 1. The van der Waals surface area contributed by atoms with E-state index in [1.54, 1.807) is 0 Å². The number of thiocarbonyl (C=S) groups is 1. The molecule has 3 nitrogen and oxygen atoms in total. The molecule has 0 fully saturated rings. The van der Waals surface area contributed by atoms with E-state index in [0.29, 0.717) is 4.99 Å². The van der Waals surface area contributed by atoms with Gasteiger partial charge in [0.05, 0.1) is 0 Å². The molecule has 0 aromatic heterocycles. The normalized spacial score (nSPS) is 10.6. The number of nitrogens with zero attached hydrogens (tertiary/aromatic N) is 1. The fraction of sp³-hybridized carbons (Fsp3) is 0.417. The summed E-state index contributed by atoms with van der Waals surface area (Å²) in [6, 6.07) is 5.87. The van der Waals surface area contributed by atoms with Gasteiger partial charge in [-0.2, -0.15) is 0 Å². The average molecular weight is 316 g/mol. The number of nitrogens with two attached hydrogens (primary N) is 1. The van der Waals surface area contributed by atoms with Gasteiger partial charge in [-0.3, -0.25) is 0 Å². The van der Waals surface area contributed by atoms with Crippen LogP contribution in [0.1, 0.15) is 12.0 Å². The second-order valence-electron chi connectivity index (χ2n) is 4.14. The monoisotopic (exact) mass is 315 g/mol. The zero-order valence-electron chi connectivity index (χ0n) is 10.2. The van der Waals surface area contributed by atoms with Crippen molar-refractivity contribution in [3.8, 4) is 0 Å². The van der Waals surface area contributed by atoms with Crippen molar-refractivity contribution in [1.29, 1.82) is 0 Å². The minimum atomic E-state index is 0.421. The van der Waals surface area contributed by atoms with Crippen LogP contribution in [0.3, 0.4) is 0 Å². The number of hydrogen-bond acceptors (Lipinski definition) is 3. The molecule has 0 saturated carbocycles. The highest BCUT2D eigenvalue weighted by atomic mass is 79.9. The average Bonchev–Trinajstić information content (AvgIpc) is 2.25. The minimum Gasteiger partial charge on any atom is -0.389 e. The Morgan fingerprint density at radius 2 is 2.18 bits per heavy atom. The summed E-state index contributed by atoms with van der Waals surface area (Å²) in [5.74, 6) is 0. The molecule has 0 bridgehead atoms. The Morgan fingerprint density at radius 1 is 1.47 bits per heavy atom. The molecule has 0 unspecified atom stereocenters. The highest BCUT2D eigenvalue weighted by Gasteiger charge is 2.02. The number of benzene rings is 1. The lowest BCUT2D eigenvalue weighted by Gasteiger charge is -2.12. The molecule has 1 aromatic carbocycles. The zero-order chi connectivity index (χ0) is 12.8. The maximum absolute atomic E-state index is 5.57. The van der Waals surface area contributed by atoms with Gasteiger partial charge in [-0.05, 0) is 61.2 Å². The first-order chi connectivity index (χ1) is 8.00. The van der Waals surface area contributed by atoms with Gasteiger partial charge in [0.25, 0.3) is 0 Å². The van der Waals surface area contributed by atoms with Crippen LogP contribution in [-0.2, 0) is 0 Å². The summed E-state index contributed by atoms with van der Waals surface area (Å²) in [4.78, 5) is 2.59. The van der Waals surface area contributed by atoms with E-state index in [9.17, 15) is 0 Å². The molecule has 0 aliphatic carbocycles. The van der Waals surface area contributed by atoms with E-state index in [4.69, 9.17) is 18.0 Å². The Labute approximate surface area is 116 Å². The van der Waals surface area contributed by atoms with Gasteiger partial charge in [0.1, 0.15) is 4.99 Å². The summed E-state index contributed by atoms with van der Waals surface area (Å²) >= 11 is 8.44. The molecular weight excluding hydrogens is 298 g/mol. The van der Waals surface area contributed by atoms with E-state index in [1.165, 1.54) is 0 Å². The summed E-state index contributed by atoms with van der Waals surface area (Å²) in [5, 5.41) is 3.38. The fourth-order valence-corrected chi connectivity index (χ4v) is 2.08. The Bertz CT molecular complexity index is 393. The Kier molecular flexibility index (Phi) is 5.88. The van der Waals surface area contributed by atoms with Crippen molar-refractivity contribution < 1.29 is 0 Å². The first-order valence-electron chi connectivity index (χ1n) is 5.48. The number of halogens is 1. The summed E-state index contributed by atoms with van der Waals surface area (Å²) in [6.45, 7) is 2.03. The van der Waals surface area contributed by atoms with Gasteiger partial charge < -0.3 is 16.0 Å². The molecule has 0 aliphatic heterocycles. The Morgan fingerprint density at radius 3 is 2.71 bits per heavy atom. The van der Waals surface area contributed by atoms with Crippen LogP contribution in [-0.4, -0.2) is 37.1 Å². The van der Waals surface area contributed by atoms with Crippen molar-refractivity contribution in [2.24, 2.45) is 5.73 Å². The molecule has 0 atom stereocenters. The minimum absolute atomic E-state index is 0.421. The summed E-state index contributed by atoms with van der Waals surface area (Å²) in [6.07, 6.45) is 1.11. The maximum Gasteiger partial charge on any atom is 0.104 e. The first kappa shape index (κ1) is 14.4. The lowest BCUT2D eigenvalue weighted by molar-refractivity contribution is 0.405. The van der Waals surface area contributed by atoms with Gasteiger partial charge in [-0.1, -0.05) is 12.2 Å². The Balaban J connectivity index is 2.52. The third-order valence-electron chi connectivity index (χ3n) is 2.35. The van der Waals surface area contributed by atoms with Crippen molar-refractivity contribution >= 4 is 38.8 Å². The van der Waals surface area contributed by atoms with Crippen molar-refractivity contribution in [1.82, 2.24) is 4.90 Å². The number of hydrogen-bond donors (Lipinski definition) is 2. The number of nitrogens with one attached hydrogen (secondary N) is 1. The predicted octanol–water partition coefficient (Wildman–Crippen LogP) is 2.45. The SMILES string of the molecule is CN(C)CCCNc1ccc(C(N)=S)cc1Br. The molecule has 0 amide bonds. The molecule has 5 heteroatoms. The van der Waals surface area contributed by atoms with E-state index in [-0.39, 0.29) is 0 Å². The lowest BCUT2D eigenvalue weighted by atomic mass is 10.2. The quantitative estimate of drug-likeness (QED) is 0.625. The topological polar surface area (TPSA) is 41.3 Å². The van der Waals surface area contributed by atoms with Crippen LogP contribution in [0.15, 0.2) is 22.7 Å². The standard InChI is InChI=1S/C12H18BrN3S/c1-16(2)7-3-6-15-11-5-4-9(12(14)17)8-10(11)13/h4-5,8,15H,3,6-7H2,1-2H3,(H2,14,17). The molecule has 17 heavy (non-hydrogen) atoms. The first-order valence-corrected chi connectivity index (χ1v) is 6.69. The summed E-state index contributed by atoms with van der Waals surface area (Å²) in [7, 11) is 4.15. The van der Waals surface area contributed by atoms with Crippen LogP contribution in [0, 0.1) is 0 Å². The van der Waals surface area contributed by atoms with Gasteiger partial charge in [-0.25, -0.2) is 0 Å². The van der Waals surface area contributed by atoms with Gasteiger partial charge in [0.15, 0.2) is 0 Å². The highest BCUT2D eigenvalue weighted by molar-refractivity contribution is 9.10. The summed E-state index contributed by atoms with van der Waals surface area (Å²) in [5.41, 5.74) is 7.53. The van der Waals surface area contributed by atoms with Gasteiger partial charge in [0.2, 0.25) is 0 Å². The molecule has 0 saturated heterocycles. The van der Waals surface area contributed by atoms with Gasteiger partial charge >= 0.3 is 0 Å². The van der Waals surface area contributed by atoms with Crippen molar-refractivity contribution in [3.05, 3.63) is 28.2 Å². The van der Waals surface area contributed by atoms with Crippen LogP contribution in [0.5, 0.6) is 0 Å². The number of rotatable bonds is 6. The van der Waals surface area contributed by atoms with Crippen LogP contribution < -0.4 is 11.1 Å². The lowest BCUT2D eigenvalue weighted by Crippen LogP contribution is -2.16. The Hall–Kier alpha value is -0.650. The molecule has 94 valence electrons. The molecule has 1 rings (SSSR count). The summed E-state index contributed by atoms with van der Waals surface area (Å²) < 4.78 is 0.993. The van der Waals surface area contributed by atoms with Gasteiger partial charge in [0, 0.05) is 22.3 Å². The van der Waals surface area contributed by atoms with Crippen LogP contribution in [0.2, 0.25) is 0 Å². The third-order valence-corrected chi connectivity index (χ3v) is 3.24. The van der Waals surface area contributed by atoms with Gasteiger partial charge in [-0.15, -0.1) is 0 Å². The fourth-order valence-electron chi connectivity index (χ4n) is 1.43. The maximum atomic E-state index is 5.57. The van der Waals surface area contributed by atoms with E-state index >= 15 is 0 Å². The molecule has 0 heterocycles. The molecule has 3 N–H and O–H groups in total. The second-order valence-corrected chi connectivity index (χ2v) is 5.44. The zero-order valence-corrected chi connectivity index (χ0v) is 12.6. The van der Waals surface area contributed by atoms with E-state index in [0.717, 1.165) is 35.2 Å². The molecular formula is C12H18BrN3S. The largest absolute Gasteiger partial charge is 0.389 e. The van der Waals surface area contributed by atoms with Crippen LogP contribution in [0.25, 0.3) is 0 Å². The third kappa shape index (κ3) is 5.02. The van der Waals surface area contributed by atoms with Crippen LogP contribution in [0.4, 0.5) is 5.69 Å². The van der Waals surface area contributed by atoms with Crippen molar-refractivity contribution in [2.75, 3.05) is 32.5 Å². The molecule has 1 aromatic rings. The predicted molar refractivity (Wildman–Crippen MR) is 81.7 cm³/mol. The molecule has 0 radical (unpaired) electrons. The van der Waals surface area contributed by atoms with Crippen molar-refractivity contribution in [3.63, 3.8) is 0 Å². The van der Waals surface area contributed by atoms with Crippen molar-refractivity contribution in [2.45, 2.75) is 6.42 Å².